The molecule has 0 amide bonds. The molecule has 8 heteroatoms. The van der Waals surface area contributed by atoms with Gasteiger partial charge in [-0.3, -0.25) is 4.98 Å². The fourth-order valence-corrected chi connectivity index (χ4v) is 1.65. The molecule has 0 radical (unpaired) electrons. The quantitative estimate of drug-likeness (QED) is 0.537. The molecular weight excluding hydrogens is 295 g/mol. The van der Waals surface area contributed by atoms with E-state index < -0.39 is 40.9 Å². The standard InChI is InChI=1S/C13H9F5N2O/c14-8-9(15)11(17)13(12(18)10(8)16)21-7(4-19)6-2-1-3-20-5-6/h1-3,5,7H,4,19H2. The van der Waals surface area contributed by atoms with Gasteiger partial charge >= 0.3 is 0 Å². The molecule has 1 heterocycles. The van der Waals surface area contributed by atoms with Gasteiger partial charge in [0.05, 0.1) is 0 Å². The third-order valence-electron chi connectivity index (χ3n) is 2.70. The Morgan fingerprint density at radius 1 is 1.00 bits per heavy atom. The van der Waals surface area contributed by atoms with E-state index in [9.17, 15) is 22.0 Å². The third-order valence-corrected chi connectivity index (χ3v) is 2.70. The molecule has 3 nitrogen and oxygen atoms in total. The number of benzene rings is 1. The van der Waals surface area contributed by atoms with Crippen LogP contribution in [0.1, 0.15) is 11.7 Å². The van der Waals surface area contributed by atoms with Crippen molar-refractivity contribution in [2.75, 3.05) is 6.54 Å². The van der Waals surface area contributed by atoms with E-state index >= 15 is 0 Å². The van der Waals surface area contributed by atoms with E-state index in [4.69, 9.17) is 10.5 Å². The summed E-state index contributed by atoms with van der Waals surface area (Å²) in [4.78, 5) is 3.76. The zero-order valence-corrected chi connectivity index (χ0v) is 10.4. The van der Waals surface area contributed by atoms with Gasteiger partial charge in [-0.25, -0.2) is 13.2 Å². The summed E-state index contributed by atoms with van der Waals surface area (Å²) in [6, 6.07) is 3.01. The van der Waals surface area contributed by atoms with E-state index in [0.717, 1.165) is 0 Å². The van der Waals surface area contributed by atoms with Gasteiger partial charge in [0.2, 0.25) is 29.1 Å². The molecule has 0 fully saturated rings. The maximum Gasteiger partial charge on any atom is 0.207 e. The van der Waals surface area contributed by atoms with Crippen LogP contribution >= 0.6 is 0 Å². The summed E-state index contributed by atoms with van der Waals surface area (Å²) in [7, 11) is 0. The molecule has 1 atom stereocenters. The molecule has 0 aliphatic carbocycles. The minimum atomic E-state index is -2.25. The molecule has 112 valence electrons. The van der Waals surface area contributed by atoms with Gasteiger partial charge in [0.25, 0.3) is 0 Å². The zero-order chi connectivity index (χ0) is 15.6. The largest absolute Gasteiger partial charge is 0.478 e. The summed E-state index contributed by atoms with van der Waals surface area (Å²) in [5.74, 6) is -11.9. The molecule has 2 aromatic rings. The van der Waals surface area contributed by atoms with Crippen LogP contribution in [0.3, 0.4) is 0 Å². The number of hydrogen-bond donors (Lipinski definition) is 1. The monoisotopic (exact) mass is 304 g/mol. The minimum Gasteiger partial charge on any atom is -0.478 e. The molecule has 0 aliphatic rings. The van der Waals surface area contributed by atoms with Crippen LogP contribution in [0, 0.1) is 29.1 Å². The molecule has 21 heavy (non-hydrogen) atoms. The van der Waals surface area contributed by atoms with Gasteiger partial charge in [-0.15, -0.1) is 0 Å². The van der Waals surface area contributed by atoms with E-state index in [2.05, 4.69) is 4.98 Å². The number of ether oxygens (including phenoxy) is 1. The van der Waals surface area contributed by atoms with E-state index in [1.54, 1.807) is 0 Å². The first kappa shape index (κ1) is 15.2. The lowest BCUT2D eigenvalue weighted by molar-refractivity contribution is 0.185. The van der Waals surface area contributed by atoms with Crippen LogP contribution < -0.4 is 10.5 Å². The number of aromatic nitrogens is 1. The summed E-state index contributed by atoms with van der Waals surface area (Å²) >= 11 is 0. The number of halogens is 5. The maximum absolute atomic E-state index is 13.5. The molecule has 0 saturated heterocycles. The van der Waals surface area contributed by atoms with Crippen molar-refractivity contribution in [2.24, 2.45) is 5.73 Å². The van der Waals surface area contributed by atoms with Crippen molar-refractivity contribution in [2.45, 2.75) is 6.10 Å². The average molecular weight is 304 g/mol. The Bertz CT molecular complexity index is 622. The van der Waals surface area contributed by atoms with Crippen molar-refractivity contribution in [3.8, 4) is 5.75 Å². The van der Waals surface area contributed by atoms with Crippen molar-refractivity contribution >= 4 is 0 Å². The molecule has 0 bridgehead atoms. The highest BCUT2D eigenvalue weighted by atomic mass is 19.2. The first-order chi connectivity index (χ1) is 9.97. The lowest BCUT2D eigenvalue weighted by Gasteiger charge is -2.18. The number of hydrogen-bond acceptors (Lipinski definition) is 3. The molecule has 0 saturated carbocycles. The van der Waals surface area contributed by atoms with Crippen LogP contribution in [0.2, 0.25) is 0 Å². The minimum absolute atomic E-state index is 0.245. The average Bonchev–Trinajstić information content (AvgIpc) is 2.52. The fraction of sp³-hybridized carbons (Fsp3) is 0.154. The second kappa shape index (κ2) is 6.04. The lowest BCUT2D eigenvalue weighted by atomic mass is 10.1. The van der Waals surface area contributed by atoms with E-state index in [1.807, 2.05) is 0 Å². The Morgan fingerprint density at radius 2 is 1.57 bits per heavy atom. The number of pyridine rings is 1. The predicted molar refractivity (Wildman–Crippen MR) is 62.9 cm³/mol. The van der Waals surface area contributed by atoms with E-state index in [1.165, 1.54) is 24.5 Å². The fourth-order valence-electron chi connectivity index (χ4n) is 1.65. The van der Waals surface area contributed by atoms with Crippen molar-refractivity contribution in [1.82, 2.24) is 4.98 Å². The van der Waals surface area contributed by atoms with Gasteiger partial charge in [-0.1, -0.05) is 6.07 Å². The third kappa shape index (κ3) is 2.80. The highest BCUT2D eigenvalue weighted by Gasteiger charge is 2.28. The first-order valence-electron chi connectivity index (χ1n) is 5.75. The predicted octanol–water partition coefficient (Wildman–Crippen LogP) is 2.86. The summed E-state index contributed by atoms with van der Waals surface area (Å²) in [6.45, 7) is -0.245. The summed E-state index contributed by atoms with van der Waals surface area (Å²) in [5.41, 5.74) is 5.74. The highest BCUT2D eigenvalue weighted by molar-refractivity contribution is 5.31. The van der Waals surface area contributed by atoms with Crippen LogP contribution in [0.4, 0.5) is 22.0 Å². The summed E-state index contributed by atoms with van der Waals surface area (Å²) < 4.78 is 71.0. The van der Waals surface area contributed by atoms with Crippen LogP contribution in [-0.4, -0.2) is 11.5 Å². The van der Waals surface area contributed by atoms with Gasteiger partial charge < -0.3 is 10.5 Å². The Morgan fingerprint density at radius 3 is 2.05 bits per heavy atom. The molecular formula is C13H9F5N2O. The Labute approximate surface area is 116 Å². The molecule has 0 aliphatic heterocycles. The molecule has 2 rings (SSSR count). The summed E-state index contributed by atoms with van der Waals surface area (Å²) in [6.07, 6.45) is 1.64. The van der Waals surface area contributed by atoms with Crippen molar-refractivity contribution < 1.29 is 26.7 Å². The molecule has 1 unspecified atom stereocenters. The van der Waals surface area contributed by atoms with E-state index in [-0.39, 0.29) is 6.54 Å². The van der Waals surface area contributed by atoms with Gasteiger partial charge in [0.1, 0.15) is 6.10 Å². The van der Waals surface area contributed by atoms with Crippen LogP contribution in [0.5, 0.6) is 5.75 Å². The van der Waals surface area contributed by atoms with Gasteiger partial charge in [-0.05, 0) is 6.07 Å². The molecule has 2 N–H and O–H groups in total. The number of nitrogens with two attached hydrogens (primary N) is 1. The van der Waals surface area contributed by atoms with Gasteiger partial charge in [0, 0.05) is 24.5 Å². The van der Waals surface area contributed by atoms with Crippen molar-refractivity contribution in [3.05, 3.63) is 59.2 Å². The SMILES string of the molecule is NCC(Oc1c(F)c(F)c(F)c(F)c1F)c1cccnc1. The second-order valence-electron chi connectivity index (χ2n) is 4.03. The zero-order valence-electron chi connectivity index (χ0n) is 10.4. The van der Waals surface area contributed by atoms with Gasteiger partial charge in [-0.2, -0.15) is 8.78 Å². The topological polar surface area (TPSA) is 48.1 Å². The van der Waals surface area contributed by atoms with Crippen LogP contribution in [0.15, 0.2) is 24.5 Å². The molecule has 1 aromatic heterocycles. The molecule has 0 spiro atoms. The lowest BCUT2D eigenvalue weighted by Crippen LogP contribution is -2.20. The van der Waals surface area contributed by atoms with Crippen molar-refractivity contribution in [1.29, 1.82) is 0 Å². The highest BCUT2D eigenvalue weighted by Crippen LogP contribution is 2.32. The second-order valence-corrected chi connectivity index (χ2v) is 4.03. The first-order valence-corrected chi connectivity index (χ1v) is 5.75. The maximum atomic E-state index is 13.5. The molecule has 1 aromatic carbocycles. The Hall–Kier alpha value is -2.22. The number of nitrogens with zero attached hydrogens (tertiary/aromatic N) is 1. The van der Waals surface area contributed by atoms with Crippen molar-refractivity contribution in [3.63, 3.8) is 0 Å². The normalized spacial score (nSPS) is 12.3. The van der Waals surface area contributed by atoms with Gasteiger partial charge in [0.15, 0.2) is 5.75 Å². The van der Waals surface area contributed by atoms with Crippen LogP contribution in [0.25, 0.3) is 0 Å². The number of rotatable bonds is 4. The Balaban J connectivity index is 2.43. The van der Waals surface area contributed by atoms with E-state index in [0.29, 0.717) is 5.56 Å². The van der Waals surface area contributed by atoms with Crippen LogP contribution in [-0.2, 0) is 0 Å². The Kier molecular flexibility index (Phi) is 4.37. The smallest absolute Gasteiger partial charge is 0.207 e. The summed E-state index contributed by atoms with van der Waals surface area (Å²) in [5, 5.41) is 0.